The first-order chi connectivity index (χ1) is 9.40. The minimum atomic E-state index is -4.27. The number of hydrogen-bond donors (Lipinski definition) is 0. The zero-order valence-electron chi connectivity index (χ0n) is 10.9. The third-order valence-corrected chi connectivity index (χ3v) is 5.50. The number of benzene rings is 1. The summed E-state index contributed by atoms with van der Waals surface area (Å²) in [5, 5.41) is 0. The first-order valence-electron chi connectivity index (χ1n) is 6.29. The molecule has 0 N–H and O–H groups in total. The number of thiophene rings is 1. The number of halogens is 4. The van der Waals surface area contributed by atoms with Crippen LogP contribution in [0.15, 0.2) is 36.4 Å². The quantitative estimate of drug-likeness (QED) is 0.584. The van der Waals surface area contributed by atoms with Crippen molar-refractivity contribution >= 4 is 27.3 Å². The van der Waals surface area contributed by atoms with E-state index in [-0.39, 0.29) is 4.83 Å². The predicted molar refractivity (Wildman–Crippen MR) is 80.5 cm³/mol. The van der Waals surface area contributed by atoms with Gasteiger partial charge in [-0.1, -0.05) is 35.0 Å². The van der Waals surface area contributed by atoms with Gasteiger partial charge in [0.05, 0.1) is 10.4 Å². The van der Waals surface area contributed by atoms with Gasteiger partial charge in [-0.05, 0) is 42.7 Å². The lowest BCUT2D eigenvalue weighted by Gasteiger charge is -2.10. The maximum atomic E-state index is 12.5. The number of alkyl halides is 4. The van der Waals surface area contributed by atoms with Gasteiger partial charge in [0.25, 0.3) is 0 Å². The van der Waals surface area contributed by atoms with E-state index in [2.05, 4.69) is 35.0 Å². The van der Waals surface area contributed by atoms with Crippen molar-refractivity contribution in [1.29, 1.82) is 0 Å². The van der Waals surface area contributed by atoms with Crippen LogP contribution in [-0.2, 0) is 19.0 Å². The molecule has 0 radical (unpaired) electrons. The Kier molecular flexibility index (Phi) is 4.91. The normalized spacial score (nSPS) is 13.4. The number of rotatable bonds is 4. The summed E-state index contributed by atoms with van der Waals surface area (Å²) in [6.07, 6.45) is -2.58. The molecule has 5 heteroatoms. The van der Waals surface area contributed by atoms with Gasteiger partial charge in [0.2, 0.25) is 0 Å². The zero-order valence-corrected chi connectivity index (χ0v) is 13.3. The molecular formula is C15H14BrF3S. The van der Waals surface area contributed by atoms with E-state index in [1.54, 1.807) is 23.5 Å². The molecule has 2 aromatic rings. The smallest absolute Gasteiger partial charge is 0.166 e. The van der Waals surface area contributed by atoms with Gasteiger partial charge in [0.1, 0.15) is 0 Å². The number of hydrogen-bond acceptors (Lipinski definition) is 1. The summed E-state index contributed by atoms with van der Waals surface area (Å²) >= 11 is 5.35. The van der Waals surface area contributed by atoms with Crippen LogP contribution in [0.25, 0.3) is 0 Å². The molecule has 0 saturated heterocycles. The summed E-state index contributed by atoms with van der Waals surface area (Å²) in [4.78, 5) is 2.67. The molecule has 1 unspecified atom stereocenters. The lowest BCUT2D eigenvalue weighted by molar-refractivity contribution is -0.137. The Labute approximate surface area is 128 Å². The molecule has 0 bridgehead atoms. The van der Waals surface area contributed by atoms with Crippen molar-refractivity contribution in [3.8, 4) is 0 Å². The van der Waals surface area contributed by atoms with Crippen molar-refractivity contribution in [3.63, 3.8) is 0 Å². The van der Waals surface area contributed by atoms with E-state index in [0.29, 0.717) is 6.42 Å². The Hall–Kier alpha value is -0.810. The van der Waals surface area contributed by atoms with E-state index in [1.807, 2.05) is 0 Å². The van der Waals surface area contributed by atoms with Gasteiger partial charge in [0, 0.05) is 9.75 Å². The lowest BCUT2D eigenvalue weighted by atomic mass is 10.1. The highest BCUT2D eigenvalue weighted by molar-refractivity contribution is 9.09. The van der Waals surface area contributed by atoms with Crippen LogP contribution < -0.4 is 0 Å². The molecular weight excluding hydrogens is 349 g/mol. The van der Waals surface area contributed by atoms with Gasteiger partial charge in [0.15, 0.2) is 0 Å². The SMILES string of the molecule is CCc1ccc(C(Br)Cc2ccc(C(F)(F)F)cc2)s1. The van der Waals surface area contributed by atoms with Gasteiger partial charge in [-0.2, -0.15) is 13.2 Å². The van der Waals surface area contributed by atoms with Gasteiger partial charge in [-0.15, -0.1) is 11.3 Å². The molecule has 20 heavy (non-hydrogen) atoms. The van der Waals surface area contributed by atoms with Gasteiger partial charge < -0.3 is 0 Å². The topological polar surface area (TPSA) is 0 Å². The Morgan fingerprint density at radius 1 is 1.10 bits per heavy atom. The van der Waals surface area contributed by atoms with Gasteiger partial charge in [-0.25, -0.2) is 0 Å². The molecule has 1 aromatic carbocycles. The highest BCUT2D eigenvalue weighted by Gasteiger charge is 2.29. The minimum absolute atomic E-state index is 0.143. The van der Waals surface area contributed by atoms with Crippen LogP contribution in [0.1, 0.15) is 32.6 Å². The predicted octanol–water partition coefficient (Wildman–Crippen LogP) is 6.01. The Morgan fingerprint density at radius 2 is 1.75 bits per heavy atom. The third kappa shape index (κ3) is 3.85. The summed E-state index contributed by atoms with van der Waals surface area (Å²) < 4.78 is 37.4. The summed E-state index contributed by atoms with van der Waals surface area (Å²) in [7, 11) is 0. The minimum Gasteiger partial charge on any atom is -0.166 e. The average Bonchev–Trinajstić information content (AvgIpc) is 2.87. The molecule has 0 saturated carbocycles. The molecule has 108 valence electrons. The van der Waals surface area contributed by atoms with E-state index in [9.17, 15) is 13.2 Å². The fourth-order valence-corrected chi connectivity index (χ4v) is 3.63. The van der Waals surface area contributed by atoms with E-state index in [0.717, 1.165) is 24.1 Å². The average molecular weight is 363 g/mol. The molecule has 1 atom stereocenters. The second kappa shape index (κ2) is 6.31. The molecule has 0 nitrogen and oxygen atoms in total. The van der Waals surface area contributed by atoms with Crippen LogP contribution in [0.3, 0.4) is 0 Å². The molecule has 0 aliphatic rings. The fraction of sp³-hybridized carbons (Fsp3) is 0.333. The number of aryl methyl sites for hydroxylation is 1. The van der Waals surface area contributed by atoms with E-state index >= 15 is 0 Å². The Morgan fingerprint density at radius 3 is 2.25 bits per heavy atom. The van der Waals surface area contributed by atoms with Crippen LogP contribution in [0.4, 0.5) is 13.2 Å². The summed E-state index contributed by atoms with van der Waals surface area (Å²) in [6.45, 7) is 2.11. The van der Waals surface area contributed by atoms with Crippen molar-refractivity contribution in [2.24, 2.45) is 0 Å². The third-order valence-electron chi connectivity index (χ3n) is 3.04. The van der Waals surface area contributed by atoms with Crippen molar-refractivity contribution in [2.45, 2.75) is 30.8 Å². The van der Waals surface area contributed by atoms with Gasteiger partial charge in [-0.3, -0.25) is 0 Å². The molecule has 0 amide bonds. The fourth-order valence-electron chi connectivity index (χ4n) is 1.89. The largest absolute Gasteiger partial charge is 0.416 e. The van der Waals surface area contributed by atoms with Crippen molar-refractivity contribution in [1.82, 2.24) is 0 Å². The monoisotopic (exact) mass is 362 g/mol. The summed E-state index contributed by atoms with van der Waals surface area (Å²) in [5.74, 6) is 0. The van der Waals surface area contributed by atoms with Crippen LogP contribution in [0.2, 0.25) is 0 Å². The molecule has 0 aliphatic heterocycles. The molecule has 0 aliphatic carbocycles. The van der Waals surface area contributed by atoms with Crippen LogP contribution in [-0.4, -0.2) is 0 Å². The van der Waals surface area contributed by atoms with Crippen LogP contribution in [0.5, 0.6) is 0 Å². The van der Waals surface area contributed by atoms with Crippen LogP contribution in [0, 0.1) is 0 Å². The zero-order chi connectivity index (χ0) is 14.8. The maximum absolute atomic E-state index is 12.5. The van der Waals surface area contributed by atoms with E-state index in [1.165, 1.54) is 9.75 Å². The van der Waals surface area contributed by atoms with E-state index < -0.39 is 11.7 Å². The van der Waals surface area contributed by atoms with E-state index in [4.69, 9.17) is 0 Å². The van der Waals surface area contributed by atoms with Crippen molar-refractivity contribution in [3.05, 3.63) is 57.3 Å². The maximum Gasteiger partial charge on any atom is 0.416 e. The first-order valence-corrected chi connectivity index (χ1v) is 8.02. The van der Waals surface area contributed by atoms with Crippen LogP contribution >= 0.6 is 27.3 Å². The molecule has 1 aromatic heterocycles. The highest BCUT2D eigenvalue weighted by Crippen LogP contribution is 2.34. The first kappa shape index (κ1) is 15.6. The van der Waals surface area contributed by atoms with Crippen molar-refractivity contribution in [2.75, 3.05) is 0 Å². The highest BCUT2D eigenvalue weighted by atomic mass is 79.9. The van der Waals surface area contributed by atoms with Gasteiger partial charge >= 0.3 is 6.18 Å². The lowest BCUT2D eigenvalue weighted by Crippen LogP contribution is -2.04. The summed E-state index contributed by atoms with van der Waals surface area (Å²) in [6, 6.07) is 9.55. The molecule has 2 rings (SSSR count). The summed E-state index contributed by atoms with van der Waals surface area (Å²) in [5.41, 5.74) is 0.295. The molecule has 0 fully saturated rings. The second-order valence-electron chi connectivity index (χ2n) is 4.52. The van der Waals surface area contributed by atoms with Crippen molar-refractivity contribution < 1.29 is 13.2 Å². The Balaban J connectivity index is 2.06. The second-order valence-corrected chi connectivity index (χ2v) is 6.83. The molecule has 1 heterocycles. The molecule has 0 spiro atoms. The standard InChI is InChI=1S/C15H14BrF3S/c1-2-12-7-8-14(20-12)13(16)9-10-3-5-11(6-4-10)15(17,18)19/h3-8,13H,2,9H2,1H3. The Bertz CT molecular complexity index is 557.